The van der Waals surface area contributed by atoms with Gasteiger partial charge in [0.2, 0.25) is 17.7 Å². The number of halogens is 1. The standard InChI is InChI=1S/C33H43BrN4O4S/c1-5-20(4)25(19-39)38-29(31(41)36-22-13-15-23(16-14-22)37(6-2)7-3)33-17-24(34)28(43-33)26(27(33)32(38)42)30(40)35-18-21-11-9-8-10-12-21/h8-16,20,24-29,39H,5-7,17-19H2,1-4H3,(H,35,40)(H,36,41)/t20-,24?,25-,26-,27-,28-,29?,33?/m0/s1. The number of carbonyl (C=O) groups is 3. The maximum atomic E-state index is 14.5. The van der Waals surface area contributed by atoms with Crippen LogP contribution in [0.15, 0.2) is 54.6 Å². The van der Waals surface area contributed by atoms with Crippen LogP contribution in [0.4, 0.5) is 11.4 Å². The highest BCUT2D eigenvalue weighted by Crippen LogP contribution is 2.68. The van der Waals surface area contributed by atoms with E-state index in [1.807, 2.05) is 68.4 Å². The maximum Gasteiger partial charge on any atom is 0.248 e. The Bertz CT molecular complexity index is 1310. The molecule has 2 aromatic carbocycles. The van der Waals surface area contributed by atoms with Crippen molar-refractivity contribution in [3.63, 3.8) is 0 Å². The third kappa shape index (κ3) is 5.71. The SMILES string of the molecule is CC[C@H](C)[C@H](CO)N1C(=O)[C@@H]2[C@H](C(=O)NCc3ccccc3)[C@H]3SC2(CC3Br)C1C(=O)Nc1ccc(N(CC)CC)cc1. The number of nitrogens with one attached hydrogen (secondary N) is 2. The lowest BCUT2D eigenvalue weighted by Gasteiger charge is -2.39. The van der Waals surface area contributed by atoms with Crippen molar-refractivity contribution in [1.29, 1.82) is 0 Å². The second kappa shape index (κ2) is 13.2. The molecule has 232 valence electrons. The average Bonchev–Trinajstić information content (AvgIpc) is 3.61. The van der Waals surface area contributed by atoms with E-state index in [1.165, 1.54) is 0 Å². The maximum absolute atomic E-state index is 14.5. The van der Waals surface area contributed by atoms with Crippen LogP contribution in [0.1, 0.15) is 46.1 Å². The van der Waals surface area contributed by atoms with Crippen molar-refractivity contribution in [3.8, 4) is 0 Å². The number of amides is 3. The zero-order valence-electron chi connectivity index (χ0n) is 25.3. The van der Waals surface area contributed by atoms with E-state index in [0.29, 0.717) is 18.7 Å². The summed E-state index contributed by atoms with van der Waals surface area (Å²) >= 11 is 5.44. The summed E-state index contributed by atoms with van der Waals surface area (Å²) < 4.78 is -0.781. The fourth-order valence-electron chi connectivity index (χ4n) is 7.30. The van der Waals surface area contributed by atoms with Gasteiger partial charge in [0.05, 0.1) is 29.2 Å². The zero-order chi connectivity index (χ0) is 30.9. The molecule has 3 amide bonds. The lowest BCUT2D eigenvalue weighted by Crippen LogP contribution is -2.56. The minimum absolute atomic E-state index is 0.0196. The van der Waals surface area contributed by atoms with Crippen LogP contribution in [-0.2, 0) is 20.9 Å². The molecule has 2 bridgehead atoms. The van der Waals surface area contributed by atoms with Gasteiger partial charge in [-0.2, -0.15) is 0 Å². The molecule has 1 spiro atoms. The smallest absolute Gasteiger partial charge is 0.248 e. The van der Waals surface area contributed by atoms with E-state index in [0.717, 1.165) is 30.8 Å². The minimum atomic E-state index is -0.819. The van der Waals surface area contributed by atoms with Crippen molar-refractivity contribution in [1.82, 2.24) is 10.2 Å². The first-order valence-electron chi connectivity index (χ1n) is 15.4. The number of nitrogens with zero attached hydrogens (tertiary/aromatic N) is 2. The summed E-state index contributed by atoms with van der Waals surface area (Å²) in [6.45, 7) is 10.1. The molecule has 3 unspecified atom stereocenters. The second-order valence-corrected chi connectivity index (χ2v) is 14.7. The molecule has 5 rings (SSSR count). The number of anilines is 2. The molecule has 0 aromatic heterocycles. The van der Waals surface area contributed by atoms with E-state index in [9.17, 15) is 19.5 Å². The summed E-state index contributed by atoms with van der Waals surface area (Å²) in [5.41, 5.74) is 2.72. The predicted molar refractivity (Wildman–Crippen MR) is 176 cm³/mol. The summed E-state index contributed by atoms with van der Waals surface area (Å²) in [6.07, 6.45) is 1.33. The van der Waals surface area contributed by atoms with Crippen molar-refractivity contribution >= 4 is 56.8 Å². The molecule has 3 saturated heterocycles. The number of fused-ring (bicyclic) bond motifs is 1. The summed E-state index contributed by atoms with van der Waals surface area (Å²) in [5.74, 6) is -1.89. The van der Waals surface area contributed by atoms with E-state index < -0.39 is 28.7 Å². The molecule has 3 aliphatic heterocycles. The highest BCUT2D eigenvalue weighted by atomic mass is 79.9. The Labute approximate surface area is 267 Å². The Balaban J connectivity index is 1.47. The molecule has 3 N–H and O–H groups in total. The first-order valence-corrected chi connectivity index (χ1v) is 17.2. The fraction of sp³-hybridized carbons (Fsp3) is 0.545. The zero-order valence-corrected chi connectivity index (χ0v) is 27.7. The molecule has 0 radical (unpaired) electrons. The number of rotatable bonds is 12. The van der Waals surface area contributed by atoms with Crippen LogP contribution in [0.25, 0.3) is 0 Å². The van der Waals surface area contributed by atoms with Crippen LogP contribution in [0, 0.1) is 17.8 Å². The van der Waals surface area contributed by atoms with Crippen LogP contribution in [0.3, 0.4) is 0 Å². The highest BCUT2D eigenvalue weighted by Gasteiger charge is 2.76. The predicted octanol–water partition coefficient (Wildman–Crippen LogP) is 4.66. The number of aliphatic hydroxyl groups excluding tert-OH is 1. The number of alkyl halides is 1. The Morgan fingerprint density at radius 2 is 1.77 bits per heavy atom. The number of carbonyl (C=O) groups excluding carboxylic acids is 3. The first kappa shape index (κ1) is 31.9. The number of hydrogen-bond donors (Lipinski definition) is 3. The van der Waals surface area contributed by atoms with Gasteiger partial charge in [0.15, 0.2) is 0 Å². The van der Waals surface area contributed by atoms with Crippen molar-refractivity contribution < 1.29 is 19.5 Å². The van der Waals surface area contributed by atoms with E-state index in [-0.39, 0.29) is 40.3 Å². The normalized spacial score (nSPS) is 28.8. The molecule has 3 heterocycles. The molecular weight excluding hydrogens is 628 g/mol. The fourth-order valence-corrected chi connectivity index (χ4v) is 10.9. The molecular formula is C33H43BrN4O4S. The summed E-state index contributed by atoms with van der Waals surface area (Å²) in [6, 6.07) is 16.1. The summed E-state index contributed by atoms with van der Waals surface area (Å²) in [5, 5.41) is 16.6. The number of aliphatic hydroxyl groups is 1. The number of likely N-dealkylation sites (tertiary alicyclic amines) is 1. The molecule has 0 saturated carbocycles. The lowest BCUT2D eigenvalue weighted by atomic mass is 9.70. The monoisotopic (exact) mass is 670 g/mol. The third-order valence-corrected chi connectivity index (χ3v) is 12.9. The van der Waals surface area contributed by atoms with E-state index in [2.05, 4.69) is 45.3 Å². The van der Waals surface area contributed by atoms with Crippen LogP contribution >= 0.6 is 27.7 Å². The molecule has 3 fully saturated rings. The molecule has 43 heavy (non-hydrogen) atoms. The largest absolute Gasteiger partial charge is 0.394 e. The van der Waals surface area contributed by atoms with Crippen molar-refractivity contribution in [3.05, 3.63) is 60.2 Å². The third-order valence-electron chi connectivity index (χ3n) is 9.70. The summed E-state index contributed by atoms with van der Waals surface area (Å²) in [7, 11) is 0. The average molecular weight is 672 g/mol. The molecule has 3 aliphatic rings. The molecule has 8 nitrogen and oxygen atoms in total. The van der Waals surface area contributed by atoms with Gasteiger partial charge < -0.3 is 25.5 Å². The Morgan fingerprint density at radius 1 is 1.09 bits per heavy atom. The Morgan fingerprint density at radius 3 is 2.37 bits per heavy atom. The van der Waals surface area contributed by atoms with Crippen molar-refractivity contribution in [2.45, 2.75) is 74.0 Å². The van der Waals surface area contributed by atoms with Gasteiger partial charge in [-0.05, 0) is 56.0 Å². The topological polar surface area (TPSA) is 102 Å². The Hall–Kier alpha value is -2.56. The van der Waals surface area contributed by atoms with E-state index in [1.54, 1.807) is 16.7 Å². The van der Waals surface area contributed by atoms with Gasteiger partial charge in [-0.1, -0.05) is 66.5 Å². The quantitative estimate of drug-likeness (QED) is 0.284. The number of thioether (sulfide) groups is 1. The molecule has 2 aromatic rings. The van der Waals surface area contributed by atoms with Gasteiger partial charge in [-0.25, -0.2) is 0 Å². The van der Waals surface area contributed by atoms with Crippen molar-refractivity contribution in [2.75, 3.05) is 29.9 Å². The van der Waals surface area contributed by atoms with Gasteiger partial charge in [0, 0.05) is 41.1 Å². The van der Waals surface area contributed by atoms with Crippen molar-refractivity contribution in [2.24, 2.45) is 17.8 Å². The van der Waals surface area contributed by atoms with E-state index in [4.69, 9.17) is 0 Å². The van der Waals surface area contributed by atoms with Crippen LogP contribution in [0.2, 0.25) is 0 Å². The van der Waals surface area contributed by atoms with Gasteiger partial charge in [0.25, 0.3) is 0 Å². The summed E-state index contributed by atoms with van der Waals surface area (Å²) in [4.78, 5) is 46.5. The van der Waals surface area contributed by atoms with Gasteiger partial charge in [-0.15, -0.1) is 11.8 Å². The van der Waals surface area contributed by atoms with Crippen LogP contribution < -0.4 is 15.5 Å². The van der Waals surface area contributed by atoms with Gasteiger partial charge in [0.1, 0.15) is 6.04 Å². The highest BCUT2D eigenvalue weighted by molar-refractivity contribution is 9.09. The Kier molecular flexibility index (Phi) is 9.78. The van der Waals surface area contributed by atoms with E-state index >= 15 is 0 Å². The van der Waals surface area contributed by atoms with Crippen LogP contribution in [0.5, 0.6) is 0 Å². The van der Waals surface area contributed by atoms with Crippen LogP contribution in [-0.4, -0.2) is 74.3 Å². The van der Waals surface area contributed by atoms with Gasteiger partial charge >= 0.3 is 0 Å². The molecule has 10 heteroatoms. The first-order chi connectivity index (χ1) is 20.7. The number of benzene rings is 2. The van der Waals surface area contributed by atoms with Gasteiger partial charge in [-0.3, -0.25) is 14.4 Å². The molecule has 8 atom stereocenters. The lowest BCUT2D eigenvalue weighted by molar-refractivity contribution is -0.143. The number of hydrogen-bond acceptors (Lipinski definition) is 6. The minimum Gasteiger partial charge on any atom is -0.394 e. The second-order valence-electron chi connectivity index (χ2n) is 12.0. The molecule has 0 aliphatic carbocycles.